The fourth-order valence-electron chi connectivity index (χ4n) is 2.81. The Morgan fingerprint density at radius 2 is 1.95 bits per heavy atom. The molecule has 1 fully saturated rings. The number of halogens is 2. The number of hydrogen-bond donors (Lipinski definition) is 1. The van der Waals surface area contributed by atoms with Crippen LogP contribution in [0.1, 0.15) is 19.8 Å². The molecule has 21 heavy (non-hydrogen) atoms. The van der Waals surface area contributed by atoms with Crippen LogP contribution in [-0.2, 0) is 0 Å². The van der Waals surface area contributed by atoms with Gasteiger partial charge in [0, 0.05) is 32.2 Å². The fraction of sp³-hybridized carbons (Fsp3) is 0.667. The van der Waals surface area contributed by atoms with Gasteiger partial charge in [-0.25, -0.2) is 13.8 Å². The van der Waals surface area contributed by atoms with E-state index < -0.39 is 11.6 Å². The van der Waals surface area contributed by atoms with Crippen LogP contribution in [0.15, 0.2) is 6.07 Å². The molecule has 0 spiro atoms. The number of nitrogens with one attached hydrogen (secondary N) is 1. The van der Waals surface area contributed by atoms with Crippen LogP contribution in [0, 0.1) is 17.6 Å². The monoisotopic (exact) mass is 298 g/mol. The summed E-state index contributed by atoms with van der Waals surface area (Å²) >= 11 is 0. The van der Waals surface area contributed by atoms with E-state index in [4.69, 9.17) is 0 Å². The Labute approximate surface area is 125 Å². The lowest BCUT2D eigenvalue weighted by Gasteiger charge is -2.34. The van der Waals surface area contributed by atoms with E-state index in [2.05, 4.69) is 29.3 Å². The predicted molar refractivity (Wildman–Crippen MR) is 81.8 cm³/mol. The van der Waals surface area contributed by atoms with E-state index in [0.717, 1.165) is 38.5 Å². The quantitative estimate of drug-likeness (QED) is 0.905. The van der Waals surface area contributed by atoms with Gasteiger partial charge in [-0.1, -0.05) is 0 Å². The van der Waals surface area contributed by atoms with Crippen LogP contribution in [0.3, 0.4) is 0 Å². The third kappa shape index (κ3) is 4.03. The van der Waals surface area contributed by atoms with Crippen molar-refractivity contribution in [2.45, 2.75) is 19.8 Å². The summed E-state index contributed by atoms with van der Waals surface area (Å²) in [6.45, 7) is 4.99. The van der Waals surface area contributed by atoms with E-state index in [9.17, 15) is 8.78 Å². The van der Waals surface area contributed by atoms with Crippen molar-refractivity contribution in [1.29, 1.82) is 0 Å². The third-order valence-electron chi connectivity index (χ3n) is 3.79. The Bertz CT molecular complexity index is 471. The summed E-state index contributed by atoms with van der Waals surface area (Å²) in [7, 11) is 4.13. The van der Waals surface area contributed by atoms with Crippen LogP contribution >= 0.6 is 0 Å². The summed E-state index contributed by atoms with van der Waals surface area (Å²) in [4.78, 5) is 8.22. The minimum Gasteiger partial charge on any atom is -0.368 e. The standard InChI is InChI=1S/C15H24F2N4/c1-4-18-14-12(16)9-13(17)15(19-14)21-7-5-11(6-8-21)10-20(2)3/h9,11H,4-8,10H2,1-3H3,(H,18,19). The third-order valence-corrected chi connectivity index (χ3v) is 3.79. The van der Waals surface area contributed by atoms with Gasteiger partial charge in [-0.15, -0.1) is 0 Å². The summed E-state index contributed by atoms with van der Waals surface area (Å²) < 4.78 is 27.6. The number of hydrogen-bond acceptors (Lipinski definition) is 4. The normalized spacial score (nSPS) is 16.6. The van der Waals surface area contributed by atoms with Gasteiger partial charge in [0.15, 0.2) is 23.3 Å². The van der Waals surface area contributed by atoms with E-state index in [1.54, 1.807) is 0 Å². The van der Waals surface area contributed by atoms with Crippen molar-refractivity contribution >= 4 is 11.6 Å². The molecule has 1 N–H and O–H groups in total. The molecule has 0 saturated carbocycles. The van der Waals surface area contributed by atoms with Gasteiger partial charge >= 0.3 is 0 Å². The lowest BCUT2D eigenvalue weighted by atomic mass is 9.96. The Balaban J connectivity index is 2.07. The van der Waals surface area contributed by atoms with Crippen molar-refractivity contribution < 1.29 is 8.78 Å². The SMILES string of the molecule is CCNc1nc(N2CCC(CN(C)C)CC2)c(F)cc1F. The van der Waals surface area contributed by atoms with Crippen molar-refractivity contribution in [1.82, 2.24) is 9.88 Å². The Hall–Kier alpha value is -1.43. The maximum Gasteiger partial charge on any atom is 0.168 e. The molecule has 1 aliphatic rings. The summed E-state index contributed by atoms with van der Waals surface area (Å²) in [5, 5.41) is 2.83. The maximum absolute atomic E-state index is 14.0. The topological polar surface area (TPSA) is 31.4 Å². The van der Waals surface area contributed by atoms with Gasteiger partial charge in [-0.05, 0) is 39.8 Å². The molecule has 0 radical (unpaired) electrons. The fourth-order valence-corrected chi connectivity index (χ4v) is 2.81. The highest BCUT2D eigenvalue weighted by Gasteiger charge is 2.24. The van der Waals surface area contributed by atoms with Crippen LogP contribution in [0.2, 0.25) is 0 Å². The van der Waals surface area contributed by atoms with Gasteiger partial charge in [0.05, 0.1) is 0 Å². The molecular formula is C15H24F2N4. The molecule has 0 atom stereocenters. The number of anilines is 2. The Morgan fingerprint density at radius 1 is 1.29 bits per heavy atom. The molecule has 1 saturated heterocycles. The molecule has 1 aliphatic heterocycles. The van der Waals surface area contributed by atoms with Crippen LogP contribution in [-0.4, -0.2) is 50.2 Å². The zero-order valence-corrected chi connectivity index (χ0v) is 13.0. The molecule has 0 amide bonds. The highest BCUT2D eigenvalue weighted by Crippen LogP contribution is 2.27. The van der Waals surface area contributed by atoms with Crippen molar-refractivity contribution in [3.8, 4) is 0 Å². The van der Waals surface area contributed by atoms with E-state index in [1.165, 1.54) is 0 Å². The van der Waals surface area contributed by atoms with Crippen molar-refractivity contribution in [2.75, 3.05) is 50.5 Å². The molecule has 4 nitrogen and oxygen atoms in total. The summed E-state index contributed by atoms with van der Waals surface area (Å²) in [5.41, 5.74) is 0. The van der Waals surface area contributed by atoms with E-state index in [1.807, 2.05) is 11.8 Å². The average molecular weight is 298 g/mol. The molecule has 6 heteroatoms. The molecule has 0 aliphatic carbocycles. The van der Waals surface area contributed by atoms with Gasteiger partial charge in [0.1, 0.15) is 0 Å². The molecule has 2 rings (SSSR count). The lowest BCUT2D eigenvalue weighted by Crippen LogP contribution is -2.38. The van der Waals surface area contributed by atoms with Gasteiger partial charge in [0.2, 0.25) is 0 Å². The first-order chi connectivity index (χ1) is 10.0. The molecule has 1 aromatic heterocycles. The van der Waals surface area contributed by atoms with Crippen LogP contribution in [0.5, 0.6) is 0 Å². The second kappa shape index (κ2) is 7.02. The second-order valence-corrected chi connectivity index (χ2v) is 5.85. The van der Waals surface area contributed by atoms with Crippen LogP contribution in [0.25, 0.3) is 0 Å². The van der Waals surface area contributed by atoms with E-state index in [-0.39, 0.29) is 11.6 Å². The maximum atomic E-state index is 14.0. The van der Waals surface area contributed by atoms with Crippen molar-refractivity contribution in [3.05, 3.63) is 17.7 Å². The summed E-state index contributed by atoms with van der Waals surface area (Å²) in [6, 6.07) is 0.923. The molecule has 118 valence electrons. The first kappa shape index (κ1) is 15.9. The van der Waals surface area contributed by atoms with Gasteiger partial charge < -0.3 is 15.1 Å². The summed E-state index contributed by atoms with van der Waals surface area (Å²) in [5.74, 6) is -0.200. The number of aromatic nitrogens is 1. The minimum atomic E-state index is -0.638. The van der Waals surface area contributed by atoms with Crippen molar-refractivity contribution in [3.63, 3.8) is 0 Å². The minimum absolute atomic E-state index is 0.129. The number of rotatable bonds is 5. The molecule has 1 aromatic rings. The highest BCUT2D eigenvalue weighted by atomic mass is 19.1. The predicted octanol–water partition coefficient (Wildman–Crippen LogP) is 2.57. The Morgan fingerprint density at radius 3 is 2.52 bits per heavy atom. The molecule has 0 aromatic carbocycles. The Kier molecular flexibility index (Phi) is 5.33. The molecule has 0 unspecified atom stereocenters. The zero-order chi connectivity index (χ0) is 15.4. The first-order valence-electron chi connectivity index (χ1n) is 7.50. The average Bonchev–Trinajstić information content (AvgIpc) is 2.42. The number of nitrogens with zero attached hydrogens (tertiary/aromatic N) is 3. The molecular weight excluding hydrogens is 274 g/mol. The second-order valence-electron chi connectivity index (χ2n) is 5.85. The van der Waals surface area contributed by atoms with Gasteiger partial charge in [-0.2, -0.15) is 0 Å². The zero-order valence-electron chi connectivity index (χ0n) is 13.0. The van der Waals surface area contributed by atoms with Crippen molar-refractivity contribution in [2.24, 2.45) is 5.92 Å². The first-order valence-corrected chi connectivity index (χ1v) is 7.50. The number of pyridine rings is 1. The van der Waals surface area contributed by atoms with E-state index in [0.29, 0.717) is 12.5 Å². The largest absolute Gasteiger partial charge is 0.368 e. The lowest BCUT2D eigenvalue weighted by molar-refractivity contribution is 0.284. The summed E-state index contributed by atoms with van der Waals surface area (Å²) in [6.07, 6.45) is 2.01. The smallest absolute Gasteiger partial charge is 0.168 e. The van der Waals surface area contributed by atoms with E-state index >= 15 is 0 Å². The van der Waals surface area contributed by atoms with Gasteiger partial charge in [0.25, 0.3) is 0 Å². The molecule has 2 heterocycles. The van der Waals surface area contributed by atoms with Crippen LogP contribution in [0.4, 0.5) is 20.4 Å². The molecule has 0 bridgehead atoms. The highest BCUT2D eigenvalue weighted by molar-refractivity contribution is 5.49. The van der Waals surface area contributed by atoms with Gasteiger partial charge in [-0.3, -0.25) is 0 Å². The number of piperidine rings is 1. The van der Waals surface area contributed by atoms with Crippen LogP contribution < -0.4 is 10.2 Å².